The van der Waals surface area contributed by atoms with Gasteiger partial charge in [-0.25, -0.2) is 4.79 Å². The number of aliphatic carboxylic acids is 1. The molecule has 1 heterocycles. The number of rotatable bonds is 5. The van der Waals surface area contributed by atoms with Crippen molar-refractivity contribution < 1.29 is 19.4 Å². The summed E-state index contributed by atoms with van der Waals surface area (Å²) in [7, 11) is 0. The van der Waals surface area contributed by atoms with Gasteiger partial charge in [-0.1, -0.05) is 18.2 Å². The summed E-state index contributed by atoms with van der Waals surface area (Å²) >= 11 is 0. The summed E-state index contributed by atoms with van der Waals surface area (Å²) in [5.41, 5.74) is 0.697. The standard InChI is InChI=1S/C14H16O4/c1-2-18-12-5-3-4-11(8-12)14(9-17-10-14)7-6-13(15)16/h3-8H,2,9-10H2,1H3,(H,15,16)/b7-6+. The molecule has 1 aliphatic heterocycles. The fraction of sp³-hybridized carbons (Fsp3) is 0.357. The van der Waals surface area contributed by atoms with Crippen molar-refractivity contribution in [2.75, 3.05) is 19.8 Å². The third-order valence-corrected chi connectivity index (χ3v) is 2.98. The van der Waals surface area contributed by atoms with E-state index in [0.29, 0.717) is 19.8 Å². The second kappa shape index (κ2) is 5.23. The summed E-state index contributed by atoms with van der Waals surface area (Å²) in [6.45, 7) is 3.55. The van der Waals surface area contributed by atoms with E-state index in [1.54, 1.807) is 6.08 Å². The molecule has 1 fully saturated rings. The van der Waals surface area contributed by atoms with Crippen LogP contribution in [0.3, 0.4) is 0 Å². The predicted octanol–water partition coefficient (Wildman–Crippen LogP) is 1.99. The van der Waals surface area contributed by atoms with Gasteiger partial charge in [0.1, 0.15) is 5.75 Å². The van der Waals surface area contributed by atoms with Crippen LogP contribution in [0.2, 0.25) is 0 Å². The van der Waals surface area contributed by atoms with Gasteiger partial charge in [-0.3, -0.25) is 0 Å². The fourth-order valence-corrected chi connectivity index (χ4v) is 1.97. The average molecular weight is 248 g/mol. The van der Waals surface area contributed by atoms with Crippen LogP contribution in [-0.4, -0.2) is 30.9 Å². The number of carboxylic acids is 1. The molecule has 0 spiro atoms. The lowest BCUT2D eigenvalue weighted by atomic mass is 9.78. The van der Waals surface area contributed by atoms with E-state index in [2.05, 4.69) is 0 Å². The maximum atomic E-state index is 10.6. The van der Waals surface area contributed by atoms with Crippen molar-refractivity contribution in [3.05, 3.63) is 42.0 Å². The summed E-state index contributed by atoms with van der Waals surface area (Å²) in [4.78, 5) is 10.6. The lowest BCUT2D eigenvalue weighted by Gasteiger charge is -2.39. The molecule has 1 aliphatic rings. The Morgan fingerprint density at radius 1 is 1.56 bits per heavy atom. The highest BCUT2D eigenvalue weighted by Crippen LogP contribution is 2.35. The molecule has 0 atom stereocenters. The van der Waals surface area contributed by atoms with E-state index in [0.717, 1.165) is 11.3 Å². The first-order valence-electron chi connectivity index (χ1n) is 5.89. The molecule has 0 saturated carbocycles. The number of hydrogen-bond donors (Lipinski definition) is 1. The van der Waals surface area contributed by atoms with Crippen molar-refractivity contribution in [2.24, 2.45) is 0 Å². The zero-order valence-electron chi connectivity index (χ0n) is 10.3. The molecule has 1 aromatic rings. The fourth-order valence-electron chi connectivity index (χ4n) is 1.97. The van der Waals surface area contributed by atoms with Crippen LogP contribution in [0, 0.1) is 0 Å². The van der Waals surface area contributed by atoms with Crippen LogP contribution >= 0.6 is 0 Å². The molecule has 18 heavy (non-hydrogen) atoms. The van der Waals surface area contributed by atoms with Crippen LogP contribution in [0.1, 0.15) is 12.5 Å². The summed E-state index contributed by atoms with van der Waals surface area (Å²) in [6.07, 6.45) is 2.87. The van der Waals surface area contributed by atoms with E-state index >= 15 is 0 Å². The zero-order chi connectivity index (χ0) is 13.0. The van der Waals surface area contributed by atoms with E-state index in [9.17, 15) is 4.79 Å². The highest BCUT2D eigenvalue weighted by atomic mass is 16.5. The third kappa shape index (κ3) is 2.54. The molecule has 0 bridgehead atoms. The SMILES string of the molecule is CCOc1cccc(C2(/C=C/C(=O)O)COC2)c1. The summed E-state index contributed by atoms with van der Waals surface area (Å²) in [5, 5.41) is 8.73. The molecule has 4 nitrogen and oxygen atoms in total. The van der Waals surface area contributed by atoms with E-state index in [4.69, 9.17) is 14.6 Å². The lowest BCUT2D eigenvalue weighted by Crippen LogP contribution is -2.45. The molecular formula is C14H16O4. The number of hydrogen-bond acceptors (Lipinski definition) is 3. The Labute approximate surface area is 106 Å². The van der Waals surface area contributed by atoms with Crippen molar-refractivity contribution >= 4 is 5.97 Å². The van der Waals surface area contributed by atoms with Gasteiger partial charge in [0.25, 0.3) is 0 Å². The highest BCUT2D eigenvalue weighted by molar-refractivity contribution is 5.80. The second-order valence-electron chi connectivity index (χ2n) is 4.28. The molecule has 96 valence electrons. The van der Waals surface area contributed by atoms with Gasteiger partial charge in [-0.2, -0.15) is 0 Å². The predicted molar refractivity (Wildman–Crippen MR) is 66.9 cm³/mol. The monoisotopic (exact) mass is 248 g/mol. The topological polar surface area (TPSA) is 55.8 Å². The minimum Gasteiger partial charge on any atom is -0.494 e. The Balaban J connectivity index is 2.27. The number of carbonyl (C=O) groups is 1. The summed E-state index contributed by atoms with van der Waals surface area (Å²) < 4.78 is 10.7. The maximum absolute atomic E-state index is 10.6. The van der Waals surface area contributed by atoms with Gasteiger partial charge < -0.3 is 14.6 Å². The largest absolute Gasteiger partial charge is 0.494 e. The van der Waals surface area contributed by atoms with Gasteiger partial charge in [-0.15, -0.1) is 0 Å². The van der Waals surface area contributed by atoms with Crippen LogP contribution in [0.25, 0.3) is 0 Å². The Bertz CT molecular complexity index is 461. The first-order chi connectivity index (χ1) is 8.66. The molecule has 1 N–H and O–H groups in total. The van der Waals surface area contributed by atoms with E-state index < -0.39 is 5.97 Å². The van der Waals surface area contributed by atoms with Gasteiger partial charge in [0.05, 0.1) is 25.2 Å². The summed E-state index contributed by atoms with van der Waals surface area (Å²) in [6, 6.07) is 7.71. The van der Waals surface area contributed by atoms with Crippen LogP contribution in [0.4, 0.5) is 0 Å². The quantitative estimate of drug-likeness (QED) is 0.810. The molecule has 0 aromatic heterocycles. The number of benzene rings is 1. The molecular weight excluding hydrogens is 232 g/mol. The molecule has 0 radical (unpaired) electrons. The minimum atomic E-state index is -0.942. The van der Waals surface area contributed by atoms with Crippen molar-refractivity contribution in [1.82, 2.24) is 0 Å². The Morgan fingerprint density at radius 3 is 2.89 bits per heavy atom. The molecule has 1 aromatic carbocycles. The van der Waals surface area contributed by atoms with Crippen molar-refractivity contribution in [3.63, 3.8) is 0 Å². The van der Waals surface area contributed by atoms with Crippen LogP contribution in [0.15, 0.2) is 36.4 Å². The van der Waals surface area contributed by atoms with Crippen LogP contribution in [-0.2, 0) is 14.9 Å². The summed E-state index contributed by atoms with van der Waals surface area (Å²) in [5.74, 6) is -0.146. The second-order valence-corrected chi connectivity index (χ2v) is 4.28. The van der Waals surface area contributed by atoms with Crippen molar-refractivity contribution in [3.8, 4) is 5.75 Å². The first-order valence-corrected chi connectivity index (χ1v) is 5.89. The van der Waals surface area contributed by atoms with Gasteiger partial charge >= 0.3 is 5.97 Å². The first kappa shape index (κ1) is 12.6. The van der Waals surface area contributed by atoms with Crippen LogP contribution in [0.5, 0.6) is 5.75 Å². The van der Waals surface area contributed by atoms with Gasteiger partial charge in [-0.05, 0) is 24.6 Å². The Kier molecular flexibility index (Phi) is 3.67. The molecule has 0 unspecified atom stereocenters. The molecule has 4 heteroatoms. The Hall–Kier alpha value is -1.81. The third-order valence-electron chi connectivity index (χ3n) is 2.98. The van der Waals surface area contributed by atoms with Gasteiger partial charge in [0, 0.05) is 6.08 Å². The zero-order valence-corrected chi connectivity index (χ0v) is 10.3. The van der Waals surface area contributed by atoms with Crippen LogP contribution < -0.4 is 4.74 Å². The average Bonchev–Trinajstić information content (AvgIpc) is 2.28. The van der Waals surface area contributed by atoms with E-state index in [-0.39, 0.29) is 5.41 Å². The molecule has 2 rings (SSSR count). The molecule has 0 aliphatic carbocycles. The normalized spacial score (nSPS) is 17.4. The van der Waals surface area contributed by atoms with E-state index in [1.807, 2.05) is 31.2 Å². The van der Waals surface area contributed by atoms with Gasteiger partial charge in [0.2, 0.25) is 0 Å². The lowest BCUT2D eigenvalue weighted by molar-refractivity contribution is -0.131. The van der Waals surface area contributed by atoms with E-state index in [1.165, 1.54) is 6.08 Å². The molecule has 0 amide bonds. The molecule has 1 saturated heterocycles. The maximum Gasteiger partial charge on any atom is 0.328 e. The Morgan fingerprint density at radius 2 is 2.33 bits per heavy atom. The van der Waals surface area contributed by atoms with Crippen molar-refractivity contribution in [1.29, 1.82) is 0 Å². The smallest absolute Gasteiger partial charge is 0.328 e. The number of carboxylic acid groups (broad SMARTS) is 1. The minimum absolute atomic E-state index is 0.328. The van der Waals surface area contributed by atoms with Gasteiger partial charge in [0.15, 0.2) is 0 Å². The highest BCUT2D eigenvalue weighted by Gasteiger charge is 2.38. The van der Waals surface area contributed by atoms with Crippen molar-refractivity contribution in [2.45, 2.75) is 12.3 Å². The number of ether oxygens (including phenoxy) is 2.